The molecule has 0 saturated heterocycles. The summed E-state index contributed by atoms with van der Waals surface area (Å²) in [4.78, 5) is 38.6. The van der Waals surface area contributed by atoms with Crippen molar-refractivity contribution in [2.45, 2.75) is 33.2 Å². The zero-order valence-electron chi connectivity index (χ0n) is 15.8. The van der Waals surface area contributed by atoms with E-state index in [1.807, 2.05) is 24.4 Å². The van der Waals surface area contributed by atoms with Gasteiger partial charge in [0.1, 0.15) is 5.75 Å². The fourth-order valence-electron chi connectivity index (χ4n) is 2.43. The zero-order valence-corrected chi connectivity index (χ0v) is 16.6. The van der Waals surface area contributed by atoms with Gasteiger partial charge in [-0.3, -0.25) is 14.4 Å². The van der Waals surface area contributed by atoms with Crippen LogP contribution < -0.4 is 10.1 Å². The highest BCUT2D eigenvalue weighted by Gasteiger charge is 2.15. The van der Waals surface area contributed by atoms with Crippen LogP contribution in [0, 0.1) is 0 Å². The largest absolute Gasteiger partial charge is 0.483 e. The summed E-state index contributed by atoms with van der Waals surface area (Å²) in [5, 5.41) is 4.71. The van der Waals surface area contributed by atoms with Gasteiger partial charge in [0, 0.05) is 24.0 Å². The van der Waals surface area contributed by atoms with Gasteiger partial charge in [0.15, 0.2) is 12.4 Å². The van der Waals surface area contributed by atoms with Crippen molar-refractivity contribution in [2.24, 2.45) is 0 Å². The number of nitrogens with one attached hydrogen (secondary N) is 1. The second kappa shape index (κ2) is 9.87. The monoisotopic (exact) mass is 388 g/mol. The molecule has 0 atom stereocenters. The van der Waals surface area contributed by atoms with Crippen LogP contribution >= 0.6 is 11.3 Å². The van der Waals surface area contributed by atoms with Crippen LogP contribution in [0.25, 0.3) is 0 Å². The molecule has 7 heteroatoms. The Morgan fingerprint density at radius 3 is 2.63 bits per heavy atom. The number of rotatable bonds is 9. The van der Waals surface area contributed by atoms with E-state index in [4.69, 9.17) is 4.74 Å². The van der Waals surface area contributed by atoms with Crippen LogP contribution in [0.3, 0.4) is 0 Å². The first-order chi connectivity index (χ1) is 12.9. The number of ketones is 1. The third-order valence-electron chi connectivity index (χ3n) is 3.87. The summed E-state index contributed by atoms with van der Waals surface area (Å²) < 4.78 is 5.59. The molecule has 0 aliphatic heterocycles. The van der Waals surface area contributed by atoms with Crippen molar-refractivity contribution in [3.63, 3.8) is 0 Å². The third-order valence-corrected chi connectivity index (χ3v) is 4.73. The number of hydrogen-bond acceptors (Lipinski definition) is 5. The number of ether oxygens (including phenoxy) is 1. The van der Waals surface area contributed by atoms with E-state index in [0.29, 0.717) is 30.0 Å². The number of likely N-dealkylation sites (N-methyl/N-ethyl adjacent to an activating group) is 1. The lowest BCUT2D eigenvalue weighted by Crippen LogP contribution is -2.30. The average molecular weight is 388 g/mol. The Balaban J connectivity index is 2.01. The van der Waals surface area contributed by atoms with Gasteiger partial charge >= 0.3 is 0 Å². The maximum atomic E-state index is 12.3. The van der Waals surface area contributed by atoms with Crippen molar-refractivity contribution in [3.8, 4) is 5.75 Å². The summed E-state index contributed by atoms with van der Waals surface area (Å²) in [7, 11) is 1.71. The quantitative estimate of drug-likeness (QED) is 0.664. The molecule has 0 radical (unpaired) electrons. The third kappa shape index (κ3) is 6.21. The highest BCUT2D eigenvalue weighted by atomic mass is 32.1. The van der Waals surface area contributed by atoms with E-state index in [1.165, 1.54) is 6.92 Å². The minimum Gasteiger partial charge on any atom is -0.483 e. The molecule has 0 saturated carbocycles. The molecule has 0 unspecified atom stereocenters. The first kappa shape index (κ1) is 20.6. The fourth-order valence-corrected chi connectivity index (χ4v) is 3.19. The van der Waals surface area contributed by atoms with Crippen LogP contribution in [-0.2, 0) is 16.1 Å². The smallest absolute Gasteiger partial charge is 0.260 e. The number of hydrogen-bond donors (Lipinski definition) is 1. The molecule has 2 rings (SSSR count). The van der Waals surface area contributed by atoms with E-state index < -0.39 is 0 Å². The Kier molecular flexibility index (Phi) is 7.55. The van der Waals surface area contributed by atoms with Crippen molar-refractivity contribution in [1.82, 2.24) is 4.90 Å². The van der Waals surface area contributed by atoms with Gasteiger partial charge in [-0.2, -0.15) is 0 Å². The fraction of sp³-hybridized carbons (Fsp3) is 0.350. The van der Waals surface area contributed by atoms with E-state index in [2.05, 4.69) is 5.32 Å². The topological polar surface area (TPSA) is 75.7 Å². The maximum absolute atomic E-state index is 12.3. The van der Waals surface area contributed by atoms with Crippen molar-refractivity contribution in [2.75, 3.05) is 19.0 Å². The van der Waals surface area contributed by atoms with E-state index in [9.17, 15) is 14.4 Å². The van der Waals surface area contributed by atoms with Gasteiger partial charge in [0.2, 0.25) is 5.91 Å². The van der Waals surface area contributed by atoms with Crippen molar-refractivity contribution in [1.29, 1.82) is 0 Å². The number of nitrogens with zero attached hydrogens (tertiary/aromatic N) is 1. The van der Waals surface area contributed by atoms with Gasteiger partial charge in [-0.1, -0.05) is 13.0 Å². The number of carbonyl (C=O) groups is 3. The molecule has 0 fully saturated rings. The molecule has 1 aromatic heterocycles. The van der Waals surface area contributed by atoms with Crippen LogP contribution in [0.1, 0.15) is 41.9 Å². The lowest BCUT2D eigenvalue weighted by atomic mass is 10.1. The van der Waals surface area contributed by atoms with Crippen molar-refractivity contribution < 1.29 is 19.1 Å². The lowest BCUT2D eigenvalue weighted by molar-refractivity contribution is -0.132. The number of amides is 2. The van der Waals surface area contributed by atoms with E-state index >= 15 is 0 Å². The molecule has 0 bridgehead atoms. The van der Waals surface area contributed by atoms with Gasteiger partial charge in [0.25, 0.3) is 5.91 Å². The first-order valence-corrected chi connectivity index (χ1v) is 9.62. The maximum Gasteiger partial charge on any atom is 0.260 e. The predicted octanol–water partition coefficient (Wildman–Crippen LogP) is 3.73. The number of Topliss-reactive ketones (excluding diaryl/α,β-unsaturated/α-hetero) is 1. The molecule has 144 valence electrons. The van der Waals surface area contributed by atoms with Gasteiger partial charge in [-0.15, -0.1) is 11.3 Å². The number of anilines is 1. The predicted molar refractivity (Wildman–Crippen MR) is 106 cm³/mol. The summed E-state index contributed by atoms with van der Waals surface area (Å²) in [6.07, 6.45) is 1.16. The van der Waals surface area contributed by atoms with E-state index in [0.717, 1.165) is 11.3 Å². The Morgan fingerprint density at radius 1 is 1.22 bits per heavy atom. The highest BCUT2D eigenvalue weighted by molar-refractivity contribution is 7.09. The number of thiophene rings is 1. The summed E-state index contributed by atoms with van der Waals surface area (Å²) in [6, 6.07) is 8.74. The Hall–Kier alpha value is -2.67. The van der Waals surface area contributed by atoms with Crippen molar-refractivity contribution in [3.05, 3.63) is 46.2 Å². The molecule has 1 heterocycles. The minimum atomic E-state index is -0.198. The molecule has 2 amide bonds. The summed E-state index contributed by atoms with van der Waals surface area (Å²) in [5.41, 5.74) is 0.866. The number of carbonyl (C=O) groups excluding carboxylic acids is 3. The second-order valence-corrected chi connectivity index (χ2v) is 7.22. The Bertz CT molecular complexity index is 802. The summed E-state index contributed by atoms with van der Waals surface area (Å²) >= 11 is 1.59. The average Bonchev–Trinajstić information content (AvgIpc) is 3.13. The molecule has 0 aliphatic rings. The Morgan fingerprint density at radius 2 is 2.00 bits per heavy atom. The SMILES string of the molecule is CCCC(=O)Nc1ccc(OCC(=O)N(C)Cc2cccs2)c(C(C)=O)c1. The first-order valence-electron chi connectivity index (χ1n) is 8.74. The minimum absolute atomic E-state index is 0.106. The standard InChI is InChI=1S/C20H24N2O4S/c1-4-6-19(24)21-15-8-9-18(17(11-15)14(2)23)26-13-20(25)22(3)12-16-7-5-10-27-16/h5,7-11H,4,6,12-13H2,1-3H3,(H,21,24). The van der Waals surface area contributed by atoms with Gasteiger partial charge in [-0.05, 0) is 43.0 Å². The molecule has 1 N–H and O–H groups in total. The lowest BCUT2D eigenvalue weighted by Gasteiger charge is -2.17. The molecule has 1 aromatic carbocycles. The molecule has 2 aromatic rings. The highest BCUT2D eigenvalue weighted by Crippen LogP contribution is 2.24. The van der Waals surface area contributed by atoms with Crippen LogP contribution in [0.2, 0.25) is 0 Å². The zero-order chi connectivity index (χ0) is 19.8. The van der Waals surface area contributed by atoms with Gasteiger partial charge in [-0.25, -0.2) is 0 Å². The summed E-state index contributed by atoms with van der Waals surface area (Å²) in [5.74, 6) is -0.158. The van der Waals surface area contributed by atoms with E-state index in [-0.39, 0.29) is 24.2 Å². The van der Waals surface area contributed by atoms with E-state index in [1.54, 1.807) is 41.5 Å². The van der Waals surface area contributed by atoms with Gasteiger partial charge in [0.05, 0.1) is 12.1 Å². The summed E-state index contributed by atoms with van der Waals surface area (Å²) in [6.45, 7) is 3.69. The van der Waals surface area contributed by atoms with Crippen molar-refractivity contribution >= 4 is 34.6 Å². The number of benzene rings is 1. The normalized spacial score (nSPS) is 10.3. The second-order valence-electron chi connectivity index (χ2n) is 6.18. The molecular weight excluding hydrogens is 364 g/mol. The molecule has 0 spiro atoms. The van der Waals surface area contributed by atoms with Crippen LogP contribution in [0.4, 0.5) is 5.69 Å². The van der Waals surface area contributed by atoms with Crippen LogP contribution in [-0.4, -0.2) is 36.2 Å². The molecule has 27 heavy (non-hydrogen) atoms. The van der Waals surface area contributed by atoms with Gasteiger partial charge < -0.3 is 15.0 Å². The van der Waals surface area contributed by atoms with Crippen LogP contribution in [0.15, 0.2) is 35.7 Å². The van der Waals surface area contributed by atoms with Crippen LogP contribution in [0.5, 0.6) is 5.75 Å². The Labute approximate surface area is 163 Å². The molecular formula is C20H24N2O4S. The molecule has 6 nitrogen and oxygen atoms in total. The molecule has 0 aliphatic carbocycles.